The summed E-state index contributed by atoms with van der Waals surface area (Å²) in [6.45, 7) is -0.624. The van der Waals surface area contributed by atoms with Crippen LogP contribution in [-0.2, 0) is 4.74 Å². The van der Waals surface area contributed by atoms with Crippen molar-refractivity contribution in [2.75, 3.05) is 6.61 Å². The minimum atomic E-state index is -1.64. The highest BCUT2D eigenvalue weighted by Crippen LogP contribution is 2.37. The van der Waals surface area contributed by atoms with Crippen LogP contribution in [0.15, 0.2) is 30.3 Å². The zero-order valence-corrected chi connectivity index (χ0v) is 13.4. The standard InChI is InChI=1S/C17H18O9/c18-6-11-13(20)14(21)15(22)17(26-11)25-10-5-9(16(23)24)12(19)8-4-2-1-3-7(8)10/h1-5,11,13-15,17-22H,6H2,(H,23,24)/t11-,13-,14+,15-,17-/m1/s1. The van der Waals surface area contributed by atoms with E-state index in [-0.39, 0.29) is 11.1 Å². The van der Waals surface area contributed by atoms with Gasteiger partial charge in [0.05, 0.1) is 6.61 Å². The maximum atomic E-state index is 11.4. The van der Waals surface area contributed by atoms with E-state index in [1.807, 2.05) is 0 Å². The lowest BCUT2D eigenvalue weighted by atomic mass is 9.99. The Hall–Kier alpha value is -2.43. The van der Waals surface area contributed by atoms with Gasteiger partial charge in [-0.3, -0.25) is 0 Å². The molecule has 0 bridgehead atoms. The molecule has 0 amide bonds. The van der Waals surface area contributed by atoms with E-state index in [2.05, 4.69) is 0 Å². The molecule has 3 rings (SSSR count). The predicted molar refractivity (Wildman–Crippen MR) is 87.0 cm³/mol. The summed E-state index contributed by atoms with van der Waals surface area (Å²) in [5.74, 6) is -1.83. The number of hydrogen-bond donors (Lipinski definition) is 6. The third-order valence-corrected chi connectivity index (χ3v) is 4.30. The van der Waals surface area contributed by atoms with E-state index in [0.717, 1.165) is 6.07 Å². The Labute approximate surface area is 147 Å². The van der Waals surface area contributed by atoms with Crippen LogP contribution in [0.3, 0.4) is 0 Å². The number of aromatic hydroxyl groups is 1. The Kier molecular flexibility index (Phi) is 4.99. The van der Waals surface area contributed by atoms with Gasteiger partial charge in [0.25, 0.3) is 0 Å². The van der Waals surface area contributed by atoms with Crippen LogP contribution in [0.1, 0.15) is 10.4 Å². The molecule has 1 aliphatic rings. The number of hydrogen-bond acceptors (Lipinski definition) is 8. The number of aromatic carboxylic acids is 1. The number of carboxylic acids is 1. The first-order valence-electron chi connectivity index (χ1n) is 7.80. The molecule has 9 heteroatoms. The van der Waals surface area contributed by atoms with Crippen LogP contribution in [0.4, 0.5) is 0 Å². The van der Waals surface area contributed by atoms with Gasteiger partial charge in [0.1, 0.15) is 41.5 Å². The SMILES string of the molecule is O=C(O)c1cc(O[C@@H]2O[C@H](CO)[C@@H](O)[C@H](O)[C@H]2O)c2ccccc2c1O. The van der Waals surface area contributed by atoms with Crippen molar-refractivity contribution in [3.05, 3.63) is 35.9 Å². The van der Waals surface area contributed by atoms with E-state index in [9.17, 15) is 35.4 Å². The molecule has 9 nitrogen and oxygen atoms in total. The summed E-state index contributed by atoms with van der Waals surface area (Å²) < 4.78 is 10.8. The fourth-order valence-corrected chi connectivity index (χ4v) is 2.88. The van der Waals surface area contributed by atoms with E-state index in [0.29, 0.717) is 5.39 Å². The Morgan fingerprint density at radius 1 is 1.08 bits per heavy atom. The van der Waals surface area contributed by atoms with Crippen molar-refractivity contribution < 1.29 is 44.9 Å². The number of phenols is 1. The fraction of sp³-hybridized carbons (Fsp3) is 0.353. The fourth-order valence-electron chi connectivity index (χ4n) is 2.88. The van der Waals surface area contributed by atoms with E-state index in [1.165, 1.54) is 6.07 Å². The van der Waals surface area contributed by atoms with Crippen molar-refractivity contribution >= 4 is 16.7 Å². The zero-order valence-electron chi connectivity index (χ0n) is 13.4. The summed E-state index contributed by atoms with van der Waals surface area (Å²) in [7, 11) is 0. The third kappa shape index (κ3) is 3.06. The molecule has 0 aliphatic carbocycles. The molecule has 6 N–H and O–H groups in total. The summed E-state index contributed by atoms with van der Waals surface area (Å²) in [6, 6.07) is 7.38. The molecule has 2 aromatic rings. The number of fused-ring (bicyclic) bond motifs is 1. The summed E-state index contributed by atoms with van der Waals surface area (Å²) in [5, 5.41) is 58.9. The largest absolute Gasteiger partial charge is 0.506 e. The molecule has 0 unspecified atom stereocenters. The van der Waals surface area contributed by atoms with Crippen molar-refractivity contribution in [3.8, 4) is 11.5 Å². The molecular formula is C17H18O9. The maximum absolute atomic E-state index is 11.4. The lowest BCUT2D eigenvalue weighted by Crippen LogP contribution is -2.60. The first-order chi connectivity index (χ1) is 12.3. The summed E-state index contributed by atoms with van der Waals surface area (Å²) in [4.78, 5) is 11.4. The monoisotopic (exact) mass is 366 g/mol. The molecule has 1 aliphatic heterocycles. The molecule has 26 heavy (non-hydrogen) atoms. The first kappa shape index (κ1) is 18.4. The lowest BCUT2D eigenvalue weighted by Gasteiger charge is -2.39. The van der Waals surface area contributed by atoms with Crippen LogP contribution in [-0.4, -0.2) is 73.9 Å². The lowest BCUT2D eigenvalue weighted by molar-refractivity contribution is -0.277. The van der Waals surface area contributed by atoms with Crippen LogP contribution in [0.5, 0.6) is 11.5 Å². The number of carbonyl (C=O) groups is 1. The van der Waals surface area contributed by atoms with E-state index in [1.54, 1.807) is 18.2 Å². The van der Waals surface area contributed by atoms with Gasteiger partial charge in [-0.2, -0.15) is 0 Å². The molecule has 2 aromatic carbocycles. The topological polar surface area (TPSA) is 157 Å². The summed E-state index contributed by atoms with van der Waals surface area (Å²) in [6.07, 6.45) is -7.45. The van der Waals surface area contributed by atoms with Gasteiger partial charge < -0.3 is 40.1 Å². The Balaban J connectivity index is 2.03. The highest BCUT2D eigenvalue weighted by molar-refractivity contribution is 6.03. The van der Waals surface area contributed by atoms with Gasteiger partial charge in [-0.05, 0) is 6.07 Å². The van der Waals surface area contributed by atoms with Gasteiger partial charge in [0, 0.05) is 10.8 Å². The van der Waals surface area contributed by atoms with Crippen LogP contribution in [0.2, 0.25) is 0 Å². The van der Waals surface area contributed by atoms with Crippen LogP contribution >= 0.6 is 0 Å². The van der Waals surface area contributed by atoms with Gasteiger partial charge in [-0.1, -0.05) is 24.3 Å². The predicted octanol–water partition coefficient (Wildman–Crippen LogP) is -0.578. The third-order valence-electron chi connectivity index (χ3n) is 4.30. The number of benzene rings is 2. The average Bonchev–Trinajstić information content (AvgIpc) is 2.64. The van der Waals surface area contributed by atoms with Crippen molar-refractivity contribution in [1.82, 2.24) is 0 Å². The smallest absolute Gasteiger partial charge is 0.339 e. The number of ether oxygens (including phenoxy) is 2. The quantitative estimate of drug-likeness (QED) is 0.416. The molecule has 1 saturated heterocycles. The number of carboxylic acid groups (broad SMARTS) is 1. The van der Waals surface area contributed by atoms with Gasteiger partial charge >= 0.3 is 5.97 Å². The number of rotatable bonds is 4. The highest BCUT2D eigenvalue weighted by Gasteiger charge is 2.44. The average molecular weight is 366 g/mol. The van der Waals surface area contributed by atoms with Gasteiger partial charge in [-0.25, -0.2) is 4.79 Å². The van der Waals surface area contributed by atoms with Crippen molar-refractivity contribution in [2.45, 2.75) is 30.7 Å². The first-order valence-corrected chi connectivity index (χ1v) is 7.80. The summed E-state index contributed by atoms with van der Waals surface area (Å²) >= 11 is 0. The molecule has 140 valence electrons. The van der Waals surface area contributed by atoms with E-state index in [4.69, 9.17) is 9.47 Å². The molecule has 1 fully saturated rings. The second-order valence-corrected chi connectivity index (χ2v) is 5.94. The van der Waals surface area contributed by atoms with E-state index >= 15 is 0 Å². The molecule has 1 heterocycles. The van der Waals surface area contributed by atoms with Crippen molar-refractivity contribution in [2.24, 2.45) is 0 Å². The Bertz CT molecular complexity index is 819. The van der Waals surface area contributed by atoms with Crippen LogP contribution in [0.25, 0.3) is 10.8 Å². The number of aliphatic hydroxyl groups excluding tert-OH is 4. The number of aliphatic hydroxyl groups is 4. The minimum Gasteiger partial charge on any atom is -0.506 e. The normalized spacial score (nSPS) is 28.8. The highest BCUT2D eigenvalue weighted by atomic mass is 16.7. The van der Waals surface area contributed by atoms with Crippen LogP contribution in [0, 0.1) is 0 Å². The molecule has 0 saturated carbocycles. The van der Waals surface area contributed by atoms with Crippen LogP contribution < -0.4 is 4.74 Å². The Morgan fingerprint density at radius 3 is 2.35 bits per heavy atom. The van der Waals surface area contributed by atoms with Gasteiger partial charge in [-0.15, -0.1) is 0 Å². The zero-order chi connectivity index (χ0) is 19.0. The molecular weight excluding hydrogens is 348 g/mol. The van der Waals surface area contributed by atoms with E-state index < -0.39 is 54.6 Å². The second kappa shape index (κ2) is 7.06. The Morgan fingerprint density at radius 2 is 1.73 bits per heavy atom. The van der Waals surface area contributed by atoms with Crippen molar-refractivity contribution in [1.29, 1.82) is 0 Å². The molecule has 0 radical (unpaired) electrons. The molecule has 0 aromatic heterocycles. The molecule has 5 atom stereocenters. The van der Waals surface area contributed by atoms with Gasteiger partial charge in [0.15, 0.2) is 0 Å². The minimum absolute atomic E-state index is 0.0138. The summed E-state index contributed by atoms with van der Waals surface area (Å²) in [5.41, 5.74) is -0.414. The second-order valence-electron chi connectivity index (χ2n) is 5.94. The van der Waals surface area contributed by atoms with Crippen molar-refractivity contribution in [3.63, 3.8) is 0 Å². The van der Waals surface area contributed by atoms with Gasteiger partial charge in [0.2, 0.25) is 6.29 Å². The molecule has 0 spiro atoms. The maximum Gasteiger partial charge on any atom is 0.339 e.